The fraction of sp³-hybridized carbons (Fsp3) is 0.500. The first kappa shape index (κ1) is 9.86. The van der Waals surface area contributed by atoms with E-state index in [0.717, 1.165) is 18.9 Å². The van der Waals surface area contributed by atoms with Crippen molar-refractivity contribution in [1.82, 2.24) is 9.97 Å². The third kappa shape index (κ3) is 2.22. The van der Waals surface area contributed by atoms with Crippen LogP contribution in [0.3, 0.4) is 0 Å². The van der Waals surface area contributed by atoms with Gasteiger partial charge in [0.05, 0.1) is 0 Å². The summed E-state index contributed by atoms with van der Waals surface area (Å²) in [6.07, 6.45) is 1.45. The van der Waals surface area contributed by atoms with Gasteiger partial charge in [0.2, 0.25) is 0 Å². The van der Waals surface area contributed by atoms with Crippen molar-refractivity contribution in [2.75, 3.05) is 29.5 Å². The number of anilines is 1. The summed E-state index contributed by atoms with van der Waals surface area (Å²) in [6, 6.07) is 1.73. The van der Waals surface area contributed by atoms with E-state index < -0.39 is 10.8 Å². The van der Waals surface area contributed by atoms with Crippen LogP contribution in [0, 0.1) is 0 Å². The van der Waals surface area contributed by atoms with Crippen molar-refractivity contribution >= 4 is 28.2 Å². The summed E-state index contributed by atoms with van der Waals surface area (Å²) in [4.78, 5) is 10.0. The van der Waals surface area contributed by atoms with Crippen LogP contribution in [0.2, 0.25) is 5.15 Å². The summed E-state index contributed by atoms with van der Waals surface area (Å²) < 4.78 is 11.1. The van der Waals surface area contributed by atoms with Crippen molar-refractivity contribution in [3.8, 4) is 0 Å². The van der Waals surface area contributed by atoms with E-state index in [1.54, 1.807) is 6.07 Å². The van der Waals surface area contributed by atoms with Gasteiger partial charge < -0.3 is 4.90 Å². The first-order chi connectivity index (χ1) is 6.75. The molecule has 4 nitrogen and oxygen atoms in total. The van der Waals surface area contributed by atoms with Gasteiger partial charge in [0.25, 0.3) is 0 Å². The molecule has 0 N–H and O–H groups in total. The van der Waals surface area contributed by atoms with Crippen LogP contribution in [0.5, 0.6) is 0 Å². The lowest BCUT2D eigenvalue weighted by Crippen LogP contribution is -2.38. The van der Waals surface area contributed by atoms with E-state index in [2.05, 4.69) is 14.9 Å². The van der Waals surface area contributed by atoms with Gasteiger partial charge in [-0.15, -0.1) is 0 Å². The molecule has 1 saturated heterocycles. The Morgan fingerprint density at radius 1 is 1.36 bits per heavy atom. The van der Waals surface area contributed by atoms with Crippen LogP contribution in [0.4, 0.5) is 5.82 Å². The van der Waals surface area contributed by atoms with Crippen molar-refractivity contribution < 1.29 is 4.21 Å². The Hall–Kier alpha value is -0.680. The second-order valence-electron chi connectivity index (χ2n) is 3.03. The maximum atomic E-state index is 11.1. The zero-order chi connectivity index (χ0) is 9.97. The molecule has 6 heteroatoms. The highest BCUT2D eigenvalue weighted by atomic mass is 35.5. The molecule has 1 aliphatic rings. The van der Waals surface area contributed by atoms with E-state index in [-0.39, 0.29) is 0 Å². The third-order valence-corrected chi connectivity index (χ3v) is 3.60. The minimum atomic E-state index is -0.658. The number of halogens is 1. The highest BCUT2D eigenvalue weighted by Crippen LogP contribution is 2.15. The molecule has 0 saturated carbocycles. The summed E-state index contributed by atoms with van der Waals surface area (Å²) in [5.74, 6) is 2.24. The van der Waals surface area contributed by atoms with Gasteiger partial charge in [0, 0.05) is 41.5 Å². The van der Waals surface area contributed by atoms with Gasteiger partial charge in [-0.3, -0.25) is 4.21 Å². The molecule has 0 spiro atoms. The number of hydrogen-bond acceptors (Lipinski definition) is 4. The van der Waals surface area contributed by atoms with Gasteiger partial charge in [0.15, 0.2) is 0 Å². The Bertz CT molecular complexity index is 350. The molecule has 0 amide bonds. The molecule has 1 aromatic rings. The molecule has 0 aromatic carbocycles. The molecule has 0 unspecified atom stereocenters. The molecule has 14 heavy (non-hydrogen) atoms. The van der Waals surface area contributed by atoms with E-state index in [1.807, 2.05) is 0 Å². The largest absolute Gasteiger partial charge is 0.355 e. The quantitative estimate of drug-likeness (QED) is 0.668. The lowest BCUT2D eigenvalue weighted by atomic mass is 10.4. The highest BCUT2D eigenvalue weighted by molar-refractivity contribution is 7.85. The molecule has 2 rings (SSSR count). The Morgan fingerprint density at radius 2 is 2.07 bits per heavy atom. The first-order valence-corrected chi connectivity index (χ1v) is 6.20. The standard InChI is InChI=1S/C8H10ClN3OS/c9-7-5-8(11-6-10-7)12-1-3-14(13)4-2-12/h5-6H,1-4H2. The van der Waals surface area contributed by atoms with Crippen LogP contribution in [0.15, 0.2) is 12.4 Å². The van der Waals surface area contributed by atoms with Gasteiger partial charge in [-0.05, 0) is 0 Å². The van der Waals surface area contributed by atoms with Crippen molar-refractivity contribution in [2.45, 2.75) is 0 Å². The average Bonchev–Trinajstić information content (AvgIpc) is 2.19. The molecule has 76 valence electrons. The number of aromatic nitrogens is 2. The van der Waals surface area contributed by atoms with E-state index in [1.165, 1.54) is 6.33 Å². The SMILES string of the molecule is O=S1CCN(c2cc(Cl)ncn2)CC1. The Kier molecular flexibility index (Phi) is 2.98. The van der Waals surface area contributed by atoms with Gasteiger partial charge in [0.1, 0.15) is 17.3 Å². The van der Waals surface area contributed by atoms with Crippen molar-refractivity contribution in [1.29, 1.82) is 0 Å². The van der Waals surface area contributed by atoms with E-state index >= 15 is 0 Å². The fourth-order valence-electron chi connectivity index (χ4n) is 1.36. The second kappa shape index (κ2) is 4.23. The summed E-state index contributed by atoms with van der Waals surface area (Å²) in [7, 11) is -0.658. The van der Waals surface area contributed by atoms with Crippen LogP contribution in [0.25, 0.3) is 0 Å². The van der Waals surface area contributed by atoms with Gasteiger partial charge in [-0.1, -0.05) is 11.6 Å². The Morgan fingerprint density at radius 3 is 2.71 bits per heavy atom. The Labute approximate surface area is 89.8 Å². The van der Waals surface area contributed by atoms with Gasteiger partial charge >= 0.3 is 0 Å². The lowest BCUT2D eigenvalue weighted by Gasteiger charge is -2.27. The van der Waals surface area contributed by atoms with Crippen molar-refractivity contribution in [3.05, 3.63) is 17.5 Å². The minimum Gasteiger partial charge on any atom is -0.355 e. The van der Waals surface area contributed by atoms with Crippen LogP contribution in [-0.2, 0) is 10.8 Å². The maximum absolute atomic E-state index is 11.1. The Balaban J connectivity index is 2.12. The zero-order valence-corrected chi connectivity index (χ0v) is 9.09. The normalized spacial score (nSPS) is 18.5. The second-order valence-corrected chi connectivity index (χ2v) is 5.12. The molecule has 1 aromatic heterocycles. The number of hydrogen-bond donors (Lipinski definition) is 0. The van der Waals surface area contributed by atoms with Crippen molar-refractivity contribution in [2.24, 2.45) is 0 Å². The molecule has 2 heterocycles. The summed E-state index contributed by atoms with van der Waals surface area (Å²) in [6.45, 7) is 1.56. The number of rotatable bonds is 1. The molecule has 0 radical (unpaired) electrons. The molecule has 0 atom stereocenters. The van der Waals surface area contributed by atoms with Crippen LogP contribution < -0.4 is 4.90 Å². The summed E-state index contributed by atoms with van der Waals surface area (Å²) in [5.41, 5.74) is 0. The smallest absolute Gasteiger partial charge is 0.134 e. The molecule has 1 aliphatic heterocycles. The monoisotopic (exact) mass is 231 g/mol. The van der Waals surface area contributed by atoms with Gasteiger partial charge in [-0.2, -0.15) is 0 Å². The highest BCUT2D eigenvalue weighted by Gasteiger charge is 2.16. The molecule has 0 bridgehead atoms. The number of nitrogens with zero attached hydrogens (tertiary/aromatic N) is 3. The zero-order valence-electron chi connectivity index (χ0n) is 7.52. The van der Waals surface area contributed by atoms with Crippen LogP contribution in [0.1, 0.15) is 0 Å². The topological polar surface area (TPSA) is 46.1 Å². The molecule has 1 fully saturated rings. The molecule has 0 aliphatic carbocycles. The van der Waals surface area contributed by atoms with Crippen LogP contribution >= 0.6 is 11.6 Å². The maximum Gasteiger partial charge on any atom is 0.134 e. The lowest BCUT2D eigenvalue weighted by molar-refractivity contribution is 0.672. The van der Waals surface area contributed by atoms with E-state index in [9.17, 15) is 4.21 Å². The van der Waals surface area contributed by atoms with Gasteiger partial charge in [-0.25, -0.2) is 9.97 Å². The summed E-state index contributed by atoms with van der Waals surface area (Å²) >= 11 is 5.75. The van der Waals surface area contributed by atoms with E-state index in [4.69, 9.17) is 11.6 Å². The predicted molar refractivity (Wildman–Crippen MR) is 57.1 cm³/mol. The van der Waals surface area contributed by atoms with Crippen LogP contribution in [-0.4, -0.2) is 38.8 Å². The third-order valence-electron chi connectivity index (χ3n) is 2.12. The average molecular weight is 232 g/mol. The van der Waals surface area contributed by atoms with E-state index in [0.29, 0.717) is 16.7 Å². The fourth-order valence-corrected chi connectivity index (χ4v) is 2.56. The van der Waals surface area contributed by atoms with Crippen molar-refractivity contribution in [3.63, 3.8) is 0 Å². The molecular weight excluding hydrogens is 222 g/mol. The molecular formula is C8H10ClN3OS. The minimum absolute atomic E-state index is 0.446. The predicted octanol–water partition coefficient (Wildman–Crippen LogP) is 0.699. The first-order valence-electron chi connectivity index (χ1n) is 4.33. The summed E-state index contributed by atoms with van der Waals surface area (Å²) in [5, 5.41) is 0.446.